The summed E-state index contributed by atoms with van der Waals surface area (Å²) in [7, 11) is 4.26. The largest absolute Gasteiger partial charge is 0.497 e. The molecule has 0 atom stereocenters. The van der Waals surface area contributed by atoms with Crippen LogP contribution < -0.4 is 14.8 Å². The van der Waals surface area contributed by atoms with Crippen LogP contribution in [0, 0.1) is 5.82 Å². The van der Waals surface area contributed by atoms with Crippen LogP contribution in [0.5, 0.6) is 11.5 Å². The van der Waals surface area contributed by atoms with Crippen LogP contribution in [0.4, 0.5) is 10.1 Å². The second-order valence-electron chi connectivity index (χ2n) is 5.07. The summed E-state index contributed by atoms with van der Waals surface area (Å²) in [6.07, 6.45) is 0. The lowest BCUT2D eigenvalue weighted by atomic mass is 10.1. The van der Waals surface area contributed by atoms with Crippen LogP contribution in [0.25, 0.3) is 0 Å². The van der Waals surface area contributed by atoms with E-state index < -0.39 is 11.7 Å². The van der Waals surface area contributed by atoms with Gasteiger partial charge in [0.15, 0.2) is 5.78 Å². The van der Waals surface area contributed by atoms with E-state index in [9.17, 15) is 14.0 Å². The number of halogens is 1. The molecule has 2 rings (SSSR count). The van der Waals surface area contributed by atoms with Crippen molar-refractivity contribution in [1.29, 1.82) is 0 Å². The highest BCUT2D eigenvalue weighted by molar-refractivity contribution is 6.11. The first-order chi connectivity index (χ1) is 12.0. The Balaban J connectivity index is 2.44. The number of benzene rings is 2. The fourth-order valence-electron chi connectivity index (χ4n) is 2.25. The third-order valence-electron chi connectivity index (χ3n) is 3.44. The number of methoxy groups -OCH3 is 3. The summed E-state index contributed by atoms with van der Waals surface area (Å²) in [6, 6.07) is 8.09. The van der Waals surface area contributed by atoms with Crippen LogP contribution in [0.15, 0.2) is 36.4 Å². The standard InChI is InChI=1S/C18H18FNO5/c1-23-10-15(21)17-14(8-13(24-2)9-16(17)25-3)20-18(22)11-4-6-12(19)7-5-11/h4-9H,10H2,1-3H3,(H,20,22). The van der Waals surface area contributed by atoms with E-state index in [2.05, 4.69) is 5.32 Å². The summed E-state index contributed by atoms with van der Waals surface area (Å²) in [5.41, 5.74) is 0.626. The molecule has 0 unspecified atom stereocenters. The van der Waals surface area contributed by atoms with Gasteiger partial charge in [0.2, 0.25) is 0 Å². The third-order valence-corrected chi connectivity index (χ3v) is 3.44. The topological polar surface area (TPSA) is 73.9 Å². The molecule has 0 saturated carbocycles. The smallest absolute Gasteiger partial charge is 0.255 e. The van der Waals surface area contributed by atoms with Crippen molar-refractivity contribution in [1.82, 2.24) is 0 Å². The molecule has 0 heterocycles. The number of ether oxygens (including phenoxy) is 3. The van der Waals surface area contributed by atoms with Crippen molar-refractivity contribution in [2.24, 2.45) is 0 Å². The Bertz CT molecular complexity index is 774. The fourth-order valence-corrected chi connectivity index (χ4v) is 2.25. The summed E-state index contributed by atoms with van der Waals surface area (Å²) < 4.78 is 28.3. The molecular weight excluding hydrogens is 329 g/mol. The Morgan fingerprint density at radius 2 is 1.72 bits per heavy atom. The van der Waals surface area contributed by atoms with E-state index in [1.807, 2.05) is 0 Å². The zero-order chi connectivity index (χ0) is 18.4. The number of anilines is 1. The first kappa shape index (κ1) is 18.4. The van der Waals surface area contributed by atoms with E-state index >= 15 is 0 Å². The molecule has 0 aliphatic carbocycles. The second-order valence-corrected chi connectivity index (χ2v) is 5.07. The van der Waals surface area contributed by atoms with Crippen LogP contribution in [-0.4, -0.2) is 39.6 Å². The molecule has 1 N–H and O–H groups in total. The molecule has 1 amide bonds. The van der Waals surface area contributed by atoms with Gasteiger partial charge in [-0.05, 0) is 24.3 Å². The quantitative estimate of drug-likeness (QED) is 0.780. The minimum atomic E-state index is -0.498. The number of ketones is 1. The Morgan fingerprint density at radius 3 is 2.28 bits per heavy atom. The lowest BCUT2D eigenvalue weighted by Gasteiger charge is -2.16. The Morgan fingerprint density at radius 1 is 1.04 bits per heavy atom. The molecule has 0 fully saturated rings. The van der Waals surface area contributed by atoms with Gasteiger partial charge >= 0.3 is 0 Å². The molecule has 0 bridgehead atoms. The van der Waals surface area contributed by atoms with E-state index in [1.54, 1.807) is 0 Å². The van der Waals surface area contributed by atoms with Crippen LogP contribution in [0.2, 0.25) is 0 Å². The van der Waals surface area contributed by atoms with Crippen molar-refractivity contribution >= 4 is 17.4 Å². The number of carbonyl (C=O) groups excluding carboxylic acids is 2. The molecule has 0 aliphatic heterocycles. The highest BCUT2D eigenvalue weighted by Crippen LogP contribution is 2.33. The fraction of sp³-hybridized carbons (Fsp3) is 0.222. The number of carbonyl (C=O) groups is 2. The predicted octanol–water partition coefficient (Wildman–Crippen LogP) is 2.92. The normalized spacial score (nSPS) is 10.2. The van der Waals surface area contributed by atoms with Crippen molar-refractivity contribution in [3.63, 3.8) is 0 Å². The maximum Gasteiger partial charge on any atom is 0.255 e. The predicted molar refractivity (Wildman–Crippen MR) is 90.1 cm³/mol. The molecule has 0 aromatic heterocycles. The molecule has 7 heteroatoms. The minimum absolute atomic E-state index is 0.167. The first-order valence-electron chi connectivity index (χ1n) is 7.35. The van der Waals surface area contributed by atoms with Crippen LogP contribution in [0.1, 0.15) is 20.7 Å². The molecule has 25 heavy (non-hydrogen) atoms. The number of nitrogens with one attached hydrogen (secondary N) is 1. The van der Waals surface area contributed by atoms with Gasteiger partial charge in [-0.1, -0.05) is 0 Å². The van der Waals surface area contributed by atoms with Gasteiger partial charge < -0.3 is 19.5 Å². The summed E-state index contributed by atoms with van der Waals surface area (Å²) >= 11 is 0. The van der Waals surface area contributed by atoms with Gasteiger partial charge in [-0.15, -0.1) is 0 Å². The molecule has 2 aromatic carbocycles. The number of amides is 1. The SMILES string of the molecule is COCC(=O)c1c(NC(=O)c2ccc(F)cc2)cc(OC)cc1OC. The van der Waals surface area contributed by atoms with Gasteiger partial charge in [0, 0.05) is 24.8 Å². The molecule has 0 radical (unpaired) electrons. The van der Waals surface area contributed by atoms with Crippen molar-refractivity contribution in [2.45, 2.75) is 0 Å². The van der Waals surface area contributed by atoms with Gasteiger partial charge in [0.25, 0.3) is 5.91 Å². The average molecular weight is 347 g/mol. The van der Waals surface area contributed by atoms with Crippen molar-refractivity contribution < 1.29 is 28.2 Å². The highest BCUT2D eigenvalue weighted by atomic mass is 19.1. The van der Waals surface area contributed by atoms with Crippen LogP contribution >= 0.6 is 0 Å². The lowest BCUT2D eigenvalue weighted by molar-refractivity contribution is 0.0846. The summed E-state index contributed by atoms with van der Waals surface area (Å²) in [5.74, 6) is -0.662. The third kappa shape index (κ3) is 4.33. The van der Waals surface area contributed by atoms with Gasteiger partial charge in [0.05, 0.1) is 25.5 Å². The molecule has 2 aromatic rings. The number of Topliss-reactive ketones (excluding diaryl/α,β-unsaturated/α-hetero) is 1. The Kier molecular flexibility index (Phi) is 6.08. The molecule has 6 nitrogen and oxygen atoms in total. The van der Waals surface area contributed by atoms with E-state index in [0.29, 0.717) is 5.75 Å². The maximum absolute atomic E-state index is 13.0. The van der Waals surface area contributed by atoms with Crippen molar-refractivity contribution in [3.8, 4) is 11.5 Å². The minimum Gasteiger partial charge on any atom is -0.497 e. The maximum atomic E-state index is 13.0. The highest BCUT2D eigenvalue weighted by Gasteiger charge is 2.21. The zero-order valence-corrected chi connectivity index (χ0v) is 14.1. The van der Waals surface area contributed by atoms with Gasteiger partial charge in [0.1, 0.15) is 23.9 Å². The van der Waals surface area contributed by atoms with E-state index in [4.69, 9.17) is 14.2 Å². The van der Waals surface area contributed by atoms with Gasteiger partial charge in [-0.25, -0.2) is 4.39 Å². The van der Waals surface area contributed by atoms with Crippen molar-refractivity contribution in [3.05, 3.63) is 53.3 Å². The molecule has 0 spiro atoms. The second kappa shape index (κ2) is 8.25. The van der Waals surface area contributed by atoms with Gasteiger partial charge in [-0.2, -0.15) is 0 Å². The average Bonchev–Trinajstić information content (AvgIpc) is 2.61. The monoisotopic (exact) mass is 347 g/mol. The Labute approximate surface area is 144 Å². The van der Waals surface area contributed by atoms with Gasteiger partial charge in [-0.3, -0.25) is 9.59 Å². The Hall–Kier alpha value is -2.93. The van der Waals surface area contributed by atoms with E-state index in [1.165, 1.54) is 57.7 Å². The molecule has 0 saturated heterocycles. The number of hydrogen-bond donors (Lipinski definition) is 1. The summed E-state index contributed by atoms with van der Waals surface area (Å²) in [6.45, 7) is -0.178. The molecular formula is C18H18FNO5. The van der Waals surface area contributed by atoms with Crippen LogP contribution in [-0.2, 0) is 4.74 Å². The number of hydrogen-bond acceptors (Lipinski definition) is 5. The molecule has 132 valence electrons. The summed E-state index contributed by atoms with van der Waals surface area (Å²) in [5, 5.41) is 2.64. The summed E-state index contributed by atoms with van der Waals surface area (Å²) in [4.78, 5) is 24.8. The van der Waals surface area contributed by atoms with Crippen LogP contribution in [0.3, 0.4) is 0 Å². The molecule has 0 aliphatic rings. The number of rotatable bonds is 7. The van der Waals surface area contributed by atoms with E-state index in [0.717, 1.165) is 0 Å². The van der Waals surface area contributed by atoms with E-state index in [-0.39, 0.29) is 35.0 Å². The van der Waals surface area contributed by atoms with Crippen molar-refractivity contribution in [2.75, 3.05) is 33.3 Å². The zero-order valence-electron chi connectivity index (χ0n) is 14.1. The first-order valence-corrected chi connectivity index (χ1v) is 7.35. The lowest BCUT2D eigenvalue weighted by Crippen LogP contribution is -2.17.